The van der Waals surface area contributed by atoms with E-state index in [-0.39, 0.29) is 0 Å². The molecule has 2 nitrogen and oxygen atoms in total. The zero-order chi connectivity index (χ0) is 11.1. The van der Waals surface area contributed by atoms with Crippen LogP contribution in [0.15, 0.2) is 18.3 Å². The maximum Gasteiger partial charge on any atom is 0.129 e. The molecule has 0 spiro atoms. The molecule has 1 rings (SSSR count). The molecule has 0 saturated carbocycles. The Morgan fingerprint density at radius 1 is 1.33 bits per heavy atom. The van der Waals surface area contributed by atoms with E-state index < -0.39 is 10.8 Å². The third-order valence-corrected chi connectivity index (χ3v) is 3.76. The van der Waals surface area contributed by atoms with Crippen molar-refractivity contribution in [3.63, 3.8) is 0 Å². The summed E-state index contributed by atoms with van der Waals surface area (Å²) in [6.45, 7) is 0. The number of halogens is 2. The lowest BCUT2D eigenvalue weighted by atomic mass is 10.3. The Hall–Kier alpha value is -0.120. The Morgan fingerprint density at radius 2 is 2.13 bits per heavy atom. The maximum absolute atomic E-state index is 11.6. The van der Waals surface area contributed by atoms with E-state index in [2.05, 4.69) is 4.98 Å². The van der Waals surface area contributed by atoms with Gasteiger partial charge >= 0.3 is 0 Å². The van der Waals surface area contributed by atoms with Gasteiger partial charge in [0.25, 0.3) is 0 Å². The minimum atomic E-state index is -0.821. The molecule has 0 bridgehead atoms. The second kappa shape index (κ2) is 7.20. The lowest BCUT2D eigenvalue weighted by Crippen LogP contribution is -2.01. The third-order valence-electron chi connectivity index (χ3n) is 1.87. The number of hydrogen-bond acceptors (Lipinski definition) is 2. The van der Waals surface area contributed by atoms with Crippen molar-refractivity contribution in [2.45, 2.75) is 18.6 Å². The topological polar surface area (TPSA) is 30.0 Å². The minimum absolute atomic E-state index is 0.465. The smallest absolute Gasteiger partial charge is 0.129 e. The van der Waals surface area contributed by atoms with Gasteiger partial charge in [0.2, 0.25) is 0 Å². The van der Waals surface area contributed by atoms with Gasteiger partial charge in [-0.3, -0.25) is 4.21 Å². The monoisotopic (exact) mass is 265 g/mol. The average Bonchev–Trinajstić information content (AvgIpc) is 2.22. The molecule has 1 unspecified atom stereocenters. The minimum Gasteiger partial charge on any atom is -0.259 e. The number of pyridine rings is 1. The van der Waals surface area contributed by atoms with E-state index in [1.165, 1.54) is 0 Å². The number of aromatic nitrogens is 1. The molecule has 0 aliphatic rings. The van der Waals surface area contributed by atoms with Crippen LogP contribution in [0.25, 0.3) is 0 Å². The fraction of sp³-hybridized carbons (Fsp3) is 0.500. The lowest BCUT2D eigenvalue weighted by molar-refractivity contribution is 0.679. The molecule has 0 N–H and O–H groups in total. The third kappa shape index (κ3) is 5.50. The number of nitrogens with zero attached hydrogens (tertiary/aromatic N) is 1. The summed E-state index contributed by atoms with van der Waals surface area (Å²) >= 11 is 11.2. The van der Waals surface area contributed by atoms with Crippen LogP contribution in [-0.4, -0.2) is 20.8 Å². The zero-order valence-corrected chi connectivity index (χ0v) is 10.6. The predicted molar refractivity (Wildman–Crippen MR) is 65.9 cm³/mol. The van der Waals surface area contributed by atoms with Crippen LogP contribution in [0.1, 0.15) is 18.4 Å². The molecule has 0 aliphatic heterocycles. The second-order valence-corrected chi connectivity index (χ2v) is 5.52. The van der Waals surface area contributed by atoms with Crippen molar-refractivity contribution in [1.29, 1.82) is 0 Å². The summed E-state index contributed by atoms with van der Waals surface area (Å²) in [4.78, 5) is 3.94. The van der Waals surface area contributed by atoms with Crippen LogP contribution in [0.2, 0.25) is 5.15 Å². The van der Waals surface area contributed by atoms with Crippen molar-refractivity contribution < 1.29 is 4.21 Å². The van der Waals surface area contributed by atoms with Crippen molar-refractivity contribution >= 4 is 34.0 Å². The summed E-state index contributed by atoms with van der Waals surface area (Å²) in [6, 6.07) is 3.57. The molecule has 1 aromatic rings. The molecule has 84 valence electrons. The predicted octanol–water partition coefficient (Wildman–Crippen LogP) is 3.00. The fourth-order valence-electron chi connectivity index (χ4n) is 1.11. The van der Waals surface area contributed by atoms with E-state index in [1.807, 2.05) is 6.07 Å². The highest BCUT2D eigenvalue weighted by Crippen LogP contribution is 2.08. The molecule has 0 radical (unpaired) electrons. The average molecular weight is 266 g/mol. The number of alkyl halides is 1. The Morgan fingerprint density at radius 3 is 2.73 bits per heavy atom. The van der Waals surface area contributed by atoms with E-state index in [1.54, 1.807) is 12.3 Å². The summed E-state index contributed by atoms with van der Waals surface area (Å²) in [6.07, 6.45) is 3.51. The first kappa shape index (κ1) is 12.9. The first-order chi connectivity index (χ1) is 7.22. The van der Waals surface area contributed by atoms with E-state index in [4.69, 9.17) is 23.2 Å². The van der Waals surface area contributed by atoms with E-state index in [0.717, 1.165) is 18.4 Å². The Kier molecular flexibility index (Phi) is 6.22. The molecule has 15 heavy (non-hydrogen) atoms. The van der Waals surface area contributed by atoms with Crippen LogP contribution >= 0.6 is 23.2 Å². The van der Waals surface area contributed by atoms with Crippen molar-refractivity contribution in [3.05, 3.63) is 29.0 Å². The second-order valence-electron chi connectivity index (χ2n) is 3.17. The summed E-state index contributed by atoms with van der Waals surface area (Å²) in [5, 5.41) is 0.465. The van der Waals surface area contributed by atoms with Crippen molar-refractivity contribution in [1.82, 2.24) is 4.98 Å². The summed E-state index contributed by atoms with van der Waals surface area (Å²) in [5.74, 6) is 1.89. The highest BCUT2D eigenvalue weighted by molar-refractivity contribution is 7.84. The van der Waals surface area contributed by atoms with Gasteiger partial charge in [-0.2, -0.15) is 0 Å². The first-order valence-corrected chi connectivity index (χ1v) is 7.14. The van der Waals surface area contributed by atoms with Crippen LogP contribution in [0, 0.1) is 0 Å². The summed E-state index contributed by atoms with van der Waals surface area (Å²) in [5.41, 5.74) is 0.962. The highest BCUT2D eigenvalue weighted by atomic mass is 35.5. The molecular weight excluding hydrogens is 253 g/mol. The van der Waals surface area contributed by atoms with Crippen LogP contribution in [0.4, 0.5) is 0 Å². The number of hydrogen-bond donors (Lipinski definition) is 0. The van der Waals surface area contributed by atoms with E-state index in [0.29, 0.717) is 22.5 Å². The molecule has 1 atom stereocenters. The molecule has 1 heterocycles. The van der Waals surface area contributed by atoms with Crippen LogP contribution in [0.5, 0.6) is 0 Å². The molecular formula is C10H13Cl2NOS. The molecule has 5 heteroatoms. The standard InChI is InChI=1S/C10H13Cl2NOS/c11-5-1-2-6-15(14)8-9-3-4-10(12)13-7-9/h3-4,7H,1-2,5-6,8H2. The molecule has 1 aromatic heterocycles. The van der Waals surface area contributed by atoms with Gasteiger partial charge in [0, 0.05) is 28.6 Å². The van der Waals surface area contributed by atoms with Gasteiger partial charge in [-0.05, 0) is 24.5 Å². The molecule has 0 aromatic carbocycles. The van der Waals surface area contributed by atoms with Crippen molar-refractivity contribution in [2.75, 3.05) is 11.6 Å². The Labute approximate surface area is 102 Å². The van der Waals surface area contributed by atoms with Gasteiger partial charge in [-0.25, -0.2) is 4.98 Å². The normalized spacial score (nSPS) is 12.7. The summed E-state index contributed by atoms with van der Waals surface area (Å²) < 4.78 is 11.6. The van der Waals surface area contributed by atoms with Gasteiger partial charge < -0.3 is 0 Å². The van der Waals surface area contributed by atoms with Gasteiger partial charge in [0.15, 0.2) is 0 Å². The SMILES string of the molecule is O=S(CCCCCl)Cc1ccc(Cl)nc1. The summed E-state index contributed by atoms with van der Waals surface area (Å²) in [7, 11) is -0.821. The maximum atomic E-state index is 11.6. The van der Waals surface area contributed by atoms with Gasteiger partial charge in [0.05, 0.1) is 5.75 Å². The quantitative estimate of drug-likeness (QED) is 0.450. The van der Waals surface area contributed by atoms with Crippen molar-refractivity contribution in [2.24, 2.45) is 0 Å². The largest absolute Gasteiger partial charge is 0.259 e. The zero-order valence-electron chi connectivity index (χ0n) is 8.29. The Bertz CT molecular complexity index is 316. The van der Waals surface area contributed by atoms with Gasteiger partial charge in [0.1, 0.15) is 5.15 Å². The number of unbranched alkanes of at least 4 members (excludes halogenated alkanes) is 1. The van der Waals surface area contributed by atoms with Crippen LogP contribution < -0.4 is 0 Å². The number of rotatable bonds is 6. The van der Waals surface area contributed by atoms with Crippen LogP contribution in [-0.2, 0) is 16.6 Å². The van der Waals surface area contributed by atoms with Gasteiger partial charge in [-0.1, -0.05) is 17.7 Å². The Balaban J connectivity index is 2.34. The lowest BCUT2D eigenvalue weighted by Gasteiger charge is -2.01. The van der Waals surface area contributed by atoms with Crippen molar-refractivity contribution in [3.8, 4) is 0 Å². The van der Waals surface area contributed by atoms with E-state index >= 15 is 0 Å². The van der Waals surface area contributed by atoms with Gasteiger partial charge in [-0.15, -0.1) is 11.6 Å². The fourth-order valence-corrected chi connectivity index (χ4v) is 2.62. The molecule has 0 aliphatic carbocycles. The van der Waals surface area contributed by atoms with E-state index in [9.17, 15) is 4.21 Å². The molecule has 0 saturated heterocycles. The first-order valence-electron chi connectivity index (χ1n) is 4.73. The van der Waals surface area contributed by atoms with Crippen LogP contribution in [0.3, 0.4) is 0 Å². The highest BCUT2D eigenvalue weighted by Gasteiger charge is 2.02. The molecule has 0 fully saturated rings. The molecule has 0 amide bonds.